The lowest BCUT2D eigenvalue weighted by atomic mass is 10.0. The fourth-order valence-corrected chi connectivity index (χ4v) is 2.17. The second kappa shape index (κ2) is 6.09. The van der Waals surface area contributed by atoms with Crippen LogP contribution < -0.4 is 4.74 Å². The average molecular weight is 295 g/mol. The lowest BCUT2D eigenvalue weighted by Crippen LogP contribution is -2.04. The monoisotopic (exact) mass is 294 g/mol. The molecule has 0 aliphatic heterocycles. The highest BCUT2D eigenvalue weighted by atomic mass is 35.5. The maximum Gasteiger partial charge on any atom is 0.168 e. The number of methoxy groups -OCH3 is 1. The Hall–Kier alpha value is -1.51. The van der Waals surface area contributed by atoms with Gasteiger partial charge >= 0.3 is 0 Å². The molecule has 0 fully saturated rings. The number of ether oxygens (including phenoxy) is 1. The summed E-state index contributed by atoms with van der Waals surface area (Å²) in [5.41, 5.74) is 1.32. The van der Waals surface area contributed by atoms with Gasteiger partial charge in [0.25, 0.3) is 0 Å². The molecule has 0 bridgehead atoms. The molecule has 0 aliphatic carbocycles. The predicted octanol–water partition coefficient (Wildman–Crippen LogP) is 4.43. The van der Waals surface area contributed by atoms with E-state index in [9.17, 15) is 4.79 Å². The van der Waals surface area contributed by atoms with Crippen molar-refractivity contribution in [3.05, 3.63) is 63.6 Å². The summed E-state index contributed by atoms with van der Waals surface area (Å²) in [5.74, 6) is 0.656. The number of hydrogen-bond acceptors (Lipinski definition) is 2. The highest BCUT2D eigenvalue weighted by molar-refractivity contribution is 6.35. The van der Waals surface area contributed by atoms with Crippen LogP contribution in [0, 0.1) is 0 Å². The molecule has 2 rings (SSSR count). The summed E-state index contributed by atoms with van der Waals surface area (Å²) in [6.45, 7) is 0. The van der Waals surface area contributed by atoms with Crippen LogP contribution in [0.1, 0.15) is 15.9 Å². The first-order valence-electron chi connectivity index (χ1n) is 5.71. The van der Waals surface area contributed by atoms with E-state index >= 15 is 0 Å². The topological polar surface area (TPSA) is 26.3 Å². The van der Waals surface area contributed by atoms with Gasteiger partial charge in [-0.1, -0.05) is 35.3 Å². The molecule has 0 atom stereocenters. The quantitative estimate of drug-likeness (QED) is 0.780. The van der Waals surface area contributed by atoms with Gasteiger partial charge < -0.3 is 4.74 Å². The smallest absolute Gasteiger partial charge is 0.168 e. The first kappa shape index (κ1) is 13.9. The number of halogens is 2. The summed E-state index contributed by atoms with van der Waals surface area (Å²) in [7, 11) is 1.59. The van der Waals surface area contributed by atoms with E-state index in [2.05, 4.69) is 0 Å². The van der Waals surface area contributed by atoms with E-state index in [0.29, 0.717) is 15.6 Å². The van der Waals surface area contributed by atoms with Crippen molar-refractivity contribution in [2.24, 2.45) is 0 Å². The third kappa shape index (κ3) is 3.49. The predicted molar refractivity (Wildman–Crippen MR) is 77.5 cm³/mol. The van der Waals surface area contributed by atoms with E-state index in [0.717, 1.165) is 11.3 Å². The van der Waals surface area contributed by atoms with E-state index < -0.39 is 0 Å². The molecule has 0 unspecified atom stereocenters. The van der Waals surface area contributed by atoms with Gasteiger partial charge in [-0.15, -0.1) is 0 Å². The van der Waals surface area contributed by atoms with Gasteiger partial charge in [0.1, 0.15) is 5.75 Å². The zero-order chi connectivity index (χ0) is 13.8. The van der Waals surface area contributed by atoms with E-state index in [4.69, 9.17) is 27.9 Å². The summed E-state index contributed by atoms with van der Waals surface area (Å²) < 4.78 is 5.13. The van der Waals surface area contributed by atoms with E-state index in [1.807, 2.05) is 24.3 Å². The van der Waals surface area contributed by atoms with Crippen LogP contribution in [-0.2, 0) is 6.42 Å². The number of benzene rings is 2. The molecule has 0 N–H and O–H groups in total. The van der Waals surface area contributed by atoms with Crippen LogP contribution in [0.25, 0.3) is 0 Å². The van der Waals surface area contributed by atoms with E-state index in [1.54, 1.807) is 25.3 Å². The molecule has 0 radical (unpaired) electrons. The molecular weight excluding hydrogens is 283 g/mol. The number of carbonyl (C=O) groups excluding carboxylic acids is 1. The molecule has 19 heavy (non-hydrogen) atoms. The highest BCUT2D eigenvalue weighted by Gasteiger charge is 2.12. The van der Waals surface area contributed by atoms with Gasteiger partial charge in [0, 0.05) is 17.0 Å². The Balaban J connectivity index is 2.23. The zero-order valence-electron chi connectivity index (χ0n) is 10.3. The Morgan fingerprint density at radius 3 is 2.68 bits per heavy atom. The Labute approximate surface area is 121 Å². The molecule has 0 saturated carbocycles. The van der Waals surface area contributed by atoms with Crippen molar-refractivity contribution in [2.75, 3.05) is 7.11 Å². The third-order valence-electron chi connectivity index (χ3n) is 2.73. The summed E-state index contributed by atoms with van der Waals surface area (Å²) >= 11 is 11.9. The standard InChI is InChI=1S/C15H12Cl2O2/c1-19-12-4-2-3-10(7-12)8-15(18)13-9-11(16)5-6-14(13)17/h2-7,9H,8H2,1H3. The highest BCUT2D eigenvalue weighted by Crippen LogP contribution is 2.23. The average Bonchev–Trinajstić information content (AvgIpc) is 2.41. The second-order valence-electron chi connectivity index (χ2n) is 4.08. The number of hydrogen-bond donors (Lipinski definition) is 0. The van der Waals surface area contributed by atoms with Gasteiger partial charge in [-0.2, -0.15) is 0 Å². The van der Waals surface area contributed by atoms with Gasteiger partial charge in [0.2, 0.25) is 0 Å². The van der Waals surface area contributed by atoms with Gasteiger partial charge in [0.15, 0.2) is 5.78 Å². The first-order valence-corrected chi connectivity index (χ1v) is 6.47. The number of ketones is 1. The fourth-order valence-electron chi connectivity index (χ4n) is 1.77. The molecule has 98 valence electrons. The van der Waals surface area contributed by atoms with Gasteiger partial charge in [-0.05, 0) is 35.9 Å². The lowest BCUT2D eigenvalue weighted by Gasteiger charge is -2.06. The van der Waals surface area contributed by atoms with Gasteiger partial charge in [-0.25, -0.2) is 0 Å². The van der Waals surface area contributed by atoms with Crippen molar-refractivity contribution in [2.45, 2.75) is 6.42 Å². The van der Waals surface area contributed by atoms with Crippen LogP contribution in [0.5, 0.6) is 5.75 Å². The maximum atomic E-state index is 12.2. The second-order valence-corrected chi connectivity index (χ2v) is 4.92. The minimum atomic E-state index is -0.0687. The molecule has 2 aromatic carbocycles. The minimum Gasteiger partial charge on any atom is -0.497 e. The lowest BCUT2D eigenvalue weighted by molar-refractivity contribution is 0.0993. The summed E-state index contributed by atoms with van der Waals surface area (Å²) in [6, 6.07) is 12.3. The van der Waals surface area contributed by atoms with Crippen LogP contribution in [0.4, 0.5) is 0 Å². The molecule has 0 spiro atoms. The minimum absolute atomic E-state index is 0.0687. The SMILES string of the molecule is COc1cccc(CC(=O)c2cc(Cl)ccc2Cl)c1. The summed E-state index contributed by atoms with van der Waals surface area (Å²) in [4.78, 5) is 12.2. The first-order chi connectivity index (χ1) is 9.10. The zero-order valence-corrected chi connectivity index (χ0v) is 11.8. The summed E-state index contributed by atoms with van der Waals surface area (Å²) in [5, 5.41) is 0.913. The fraction of sp³-hybridized carbons (Fsp3) is 0.133. The van der Waals surface area contributed by atoms with Crippen LogP contribution in [0.3, 0.4) is 0 Å². The number of Topliss-reactive ketones (excluding diaryl/α,β-unsaturated/α-hetero) is 1. The molecule has 0 amide bonds. The van der Waals surface area contributed by atoms with Crippen molar-refractivity contribution in [3.63, 3.8) is 0 Å². The van der Waals surface area contributed by atoms with Crippen molar-refractivity contribution >= 4 is 29.0 Å². The van der Waals surface area contributed by atoms with Crippen LogP contribution in [0.15, 0.2) is 42.5 Å². The number of carbonyl (C=O) groups is 1. The van der Waals surface area contributed by atoms with Crippen molar-refractivity contribution in [3.8, 4) is 5.75 Å². The Morgan fingerprint density at radius 2 is 1.95 bits per heavy atom. The van der Waals surface area contributed by atoms with Crippen LogP contribution in [-0.4, -0.2) is 12.9 Å². The van der Waals surface area contributed by atoms with Crippen LogP contribution >= 0.6 is 23.2 Å². The molecule has 4 heteroatoms. The molecule has 2 aromatic rings. The van der Waals surface area contributed by atoms with E-state index in [-0.39, 0.29) is 12.2 Å². The Morgan fingerprint density at radius 1 is 1.16 bits per heavy atom. The normalized spacial score (nSPS) is 10.3. The largest absolute Gasteiger partial charge is 0.497 e. The third-order valence-corrected chi connectivity index (χ3v) is 3.29. The summed E-state index contributed by atoms with van der Waals surface area (Å²) in [6.07, 6.45) is 0.261. The van der Waals surface area contributed by atoms with Crippen molar-refractivity contribution in [1.82, 2.24) is 0 Å². The maximum absolute atomic E-state index is 12.2. The van der Waals surface area contributed by atoms with Gasteiger partial charge in [-0.3, -0.25) is 4.79 Å². The molecule has 0 heterocycles. The molecule has 0 aromatic heterocycles. The molecule has 0 saturated heterocycles. The van der Waals surface area contributed by atoms with Crippen LogP contribution in [0.2, 0.25) is 10.0 Å². The van der Waals surface area contributed by atoms with Crippen molar-refractivity contribution < 1.29 is 9.53 Å². The molecular formula is C15H12Cl2O2. The van der Waals surface area contributed by atoms with E-state index in [1.165, 1.54) is 0 Å². The van der Waals surface area contributed by atoms with Gasteiger partial charge in [0.05, 0.1) is 12.1 Å². The Kier molecular flexibility index (Phi) is 4.46. The van der Waals surface area contributed by atoms with Crippen molar-refractivity contribution in [1.29, 1.82) is 0 Å². The Bertz CT molecular complexity index is 609. The molecule has 0 aliphatic rings. The molecule has 2 nitrogen and oxygen atoms in total. The number of rotatable bonds is 4.